The van der Waals surface area contributed by atoms with Crippen LogP contribution in [-0.2, 0) is 0 Å². The zero-order valence-electron chi connectivity index (χ0n) is 12.7. The molecule has 2 atom stereocenters. The van der Waals surface area contributed by atoms with Crippen LogP contribution in [0.4, 0.5) is 9.93 Å². The van der Waals surface area contributed by atoms with Crippen molar-refractivity contribution in [3.63, 3.8) is 0 Å². The highest BCUT2D eigenvalue weighted by Crippen LogP contribution is 2.66. The second-order valence-electron chi connectivity index (χ2n) is 8.33. The van der Waals surface area contributed by atoms with Crippen molar-refractivity contribution in [3.05, 3.63) is 11.6 Å². The Morgan fingerprint density at radius 1 is 1.24 bits per heavy atom. The van der Waals surface area contributed by atoms with Gasteiger partial charge in [0, 0.05) is 17.1 Å². The molecule has 4 saturated carbocycles. The molecule has 1 aromatic rings. The maximum absolute atomic E-state index is 12.3. The monoisotopic (exact) mass is 305 g/mol. The van der Waals surface area contributed by atoms with Crippen molar-refractivity contribution in [3.8, 4) is 0 Å². The highest BCUT2D eigenvalue weighted by Gasteiger charge is 2.60. The van der Waals surface area contributed by atoms with Gasteiger partial charge in [0.2, 0.25) is 0 Å². The maximum atomic E-state index is 12.3. The van der Waals surface area contributed by atoms with Crippen molar-refractivity contribution in [2.75, 3.05) is 5.32 Å². The van der Waals surface area contributed by atoms with E-state index in [2.05, 4.69) is 29.5 Å². The Kier molecular flexibility index (Phi) is 2.72. The van der Waals surface area contributed by atoms with Crippen molar-refractivity contribution in [1.82, 2.24) is 10.3 Å². The summed E-state index contributed by atoms with van der Waals surface area (Å²) in [5.41, 5.74) is 0.843. The summed E-state index contributed by atoms with van der Waals surface area (Å²) in [6.45, 7) is 4.84. The van der Waals surface area contributed by atoms with Gasteiger partial charge in [-0.05, 0) is 55.3 Å². The summed E-state index contributed by atoms with van der Waals surface area (Å²) in [5, 5.41) is 8.76. The van der Waals surface area contributed by atoms with Gasteiger partial charge in [0.1, 0.15) is 0 Å². The molecule has 4 aliphatic carbocycles. The number of amides is 2. The van der Waals surface area contributed by atoms with Gasteiger partial charge < -0.3 is 5.32 Å². The van der Waals surface area contributed by atoms with E-state index in [4.69, 9.17) is 0 Å². The molecule has 2 amide bonds. The van der Waals surface area contributed by atoms with E-state index < -0.39 is 0 Å². The lowest BCUT2D eigenvalue weighted by atomic mass is 9.43. The number of thiazole rings is 1. The smallest absolute Gasteiger partial charge is 0.321 e. The van der Waals surface area contributed by atoms with E-state index in [1.807, 2.05) is 5.38 Å². The highest BCUT2D eigenvalue weighted by atomic mass is 32.1. The largest absolute Gasteiger partial charge is 0.332 e. The minimum Gasteiger partial charge on any atom is -0.332 e. The Balaban J connectivity index is 1.53. The fourth-order valence-electron chi connectivity index (χ4n) is 6.24. The van der Waals surface area contributed by atoms with Crippen LogP contribution in [0.25, 0.3) is 0 Å². The van der Waals surface area contributed by atoms with Crippen LogP contribution in [-0.4, -0.2) is 16.6 Å². The Morgan fingerprint density at radius 2 is 1.95 bits per heavy atom. The molecule has 4 nitrogen and oxygen atoms in total. The number of nitrogens with zero attached hydrogens (tertiary/aromatic N) is 1. The van der Waals surface area contributed by atoms with Crippen LogP contribution in [0.1, 0.15) is 52.4 Å². The van der Waals surface area contributed by atoms with Gasteiger partial charge in [0.25, 0.3) is 0 Å². The molecule has 0 aromatic carbocycles. The predicted octanol–water partition coefficient (Wildman–Crippen LogP) is 4.01. The zero-order valence-corrected chi connectivity index (χ0v) is 13.6. The summed E-state index contributed by atoms with van der Waals surface area (Å²) in [4.78, 5) is 16.5. The number of rotatable bonds is 2. The first-order valence-electron chi connectivity index (χ1n) is 7.87. The third-order valence-electron chi connectivity index (χ3n) is 5.66. The Morgan fingerprint density at radius 3 is 2.52 bits per heavy atom. The van der Waals surface area contributed by atoms with Crippen molar-refractivity contribution in [2.24, 2.45) is 16.7 Å². The van der Waals surface area contributed by atoms with Crippen LogP contribution in [0, 0.1) is 16.7 Å². The summed E-state index contributed by atoms with van der Waals surface area (Å²) < 4.78 is 0. The topological polar surface area (TPSA) is 54.0 Å². The number of carbonyl (C=O) groups excluding carboxylic acids is 1. The zero-order chi connectivity index (χ0) is 14.7. The van der Waals surface area contributed by atoms with Gasteiger partial charge in [0.15, 0.2) is 5.13 Å². The molecule has 5 heteroatoms. The summed E-state index contributed by atoms with van der Waals surface area (Å²) >= 11 is 1.46. The molecule has 0 aliphatic heterocycles. The van der Waals surface area contributed by atoms with E-state index in [0.29, 0.717) is 16.0 Å². The number of nitrogens with one attached hydrogen (secondary N) is 2. The number of carbonyl (C=O) groups is 1. The van der Waals surface area contributed by atoms with Crippen molar-refractivity contribution < 1.29 is 4.79 Å². The molecule has 4 fully saturated rings. The van der Waals surface area contributed by atoms with E-state index in [1.165, 1.54) is 30.6 Å². The number of anilines is 1. The van der Waals surface area contributed by atoms with E-state index in [9.17, 15) is 4.79 Å². The minimum absolute atomic E-state index is 0.00423. The van der Waals surface area contributed by atoms with Crippen LogP contribution >= 0.6 is 11.3 Å². The lowest BCUT2D eigenvalue weighted by molar-refractivity contribution is -0.113. The average molecular weight is 305 g/mol. The first-order chi connectivity index (χ1) is 9.88. The molecule has 1 heterocycles. The van der Waals surface area contributed by atoms with E-state index in [1.54, 1.807) is 6.20 Å². The van der Waals surface area contributed by atoms with Gasteiger partial charge in [-0.1, -0.05) is 13.8 Å². The first kappa shape index (κ1) is 13.6. The SMILES string of the molecule is CC12CC3CC(C)(C1)CC(NC(=O)Nc1nccs1)(C3)C2. The van der Waals surface area contributed by atoms with Gasteiger partial charge >= 0.3 is 6.03 Å². The molecule has 0 saturated heterocycles. The second-order valence-corrected chi connectivity index (χ2v) is 9.22. The van der Waals surface area contributed by atoms with Gasteiger partial charge in [-0.2, -0.15) is 0 Å². The van der Waals surface area contributed by atoms with Crippen molar-refractivity contribution >= 4 is 22.5 Å². The molecule has 0 spiro atoms. The molecule has 2 N–H and O–H groups in total. The summed E-state index contributed by atoms with van der Waals surface area (Å²) in [6, 6.07) is -0.0842. The van der Waals surface area contributed by atoms with E-state index in [0.717, 1.165) is 25.2 Å². The second kappa shape index (κ2) is 4.22. The van der Waals surface area contributed by atoms with Crippen LogP contribution < -0.4 is 10.6 Å². The molecule has 0 radical (unpaired) electrons. The van der Waals surface area contributed by atoms with Crippen LogP contribution in [0.15, 0.2) is 11.6 Å². The van der Waals surface area contributed by atoms with E-state index >= 15 is 0 Å². The average Bonchev–Trinajstić information content (AvgIpc) is 2.74. The van der Waals surface area contributed by atoms with Crippen LogP contribution in [0.5, 0.6) is 0 Å². The highest BCUT2D eigenvalue weighted by molar-refractivity contribution is 7.13. The van der Waals surface area contributed by atoms with Gasteiger partial charge in [-0.3, -0.25) is 5.32 Å². The molecular formula is C16H23N3OS. The van der Waals surface area contributed by atoms with E-state index in [-0.39, 0.29) is 11.6 Å². The number of hydrogen-bond donors (Lipinski definition) is 2. The van der Waals surface area contributed by atoms with Gasteiger partial charge in [-0.15, -0.1) is 11.3 Å². The molecule has 5 rings (SSSR count). The summed E-state index contributed by atoms with van der Waals surface area (Å²) in [5.74, 6) is 0.788. The number of aromatic nitrogens is 1. The van der Waals surface area contributed by atoms with Crippen LogP contribution in [0.2, 0.25) is 0 Å². The Hall–Kier alpha value is -1.10. The lowest BCUT2D eigenvalue weighted by Gasteiger charge is -2.65. The number of urea groups is 1. The summed E-state index contributed by atoms with van der Waals surface area (Å²) in [6.07, 6.45) is 9.17. The van der Waals surface area contributed by atoms with Gasteiger partial charge in [0.05, 0.1) is 0 Å². The molecule has 4 aliphatic rings. The van der Waals surface area contributed by atoms with Gasteiger partial charge in [-0.25, -0.2) is 9.78 Å². The molecule has 1 aromatic heterocycles. The Labute approximate surface area is 129 Å². The molecular weight excluding hydrogens is 282 g/mol. The molecule has 114 valence electrons. The third kappa shape index (κ3) is 2.35. The molecule has 2 unspecified atom stereocenters. The normalized spacial score (nSPS) is 43.8. The minimum atomic E-state index is -0.0842. The quantitative estimate of drug-likeness (QED) is 0.867. The summed E-state index contributed by atoms with van der Waals surface area (Å²) in [7, 11) is 0. The standard InChI is InChI=1S/C16H23N3OS/c1-14-5-11-6-15(2,8-14)10-16(7-11,9-14)19-12(20)18-13-17-3-4-21-13/h3-4,11H,5-10H2,1-2H3,(H2,17,18,19,20). The maximum Gasteiger partial charge on any atom is 0.321 e. The third-order valence-corrected chi connectivity index (χ3v) is 6.35. The first-order valence-corrected chi connectivity index (χ1v) is 8.75. The fourth-order valence-corrected chi connectivity index (χ4v) is 6.77. The van der Waals surface area contributed by atoms with Crippen LogP contribution in [0.3, 0.4) is 0 Å². The fraction of sp³-hybridized carbons (Fsp3) is 0.750. The lowest BCUT2D eigenvalue weighted by Crippen LogP contribution is -2.65. The predicted molar refractivity (Wildman–Crippen MR) is 84.4 cm³/mol. The number of hydrogen-bond acceptors (Lipinski definition) is 3. The molecule has 21 heavy (non-hydrogen) atoms. The van der Waals surface area contributed by atoms with Crippen molar-refractivity contribution in [2.45, 2.75) is 57.9 Å². The molecule has 4 bridgehead atoms. The van der Waals surface area contributed by atoms with Crippen molar-refractivity contribution in [1.29, 1.82) is 0 Å². The Bertz CT molecular complexity index is 552.